The van der Waals surface area contributed by atoms with Crippen molar-refractivity contribution in [3.63, 3.8) is 0 Å². The summed E-state index contributed by atoms with van der Waals surface area (Å²) < 4.78 is 6.25. The maximum absolute atomic E-state index is 11.2. The average molecular weight is 741 g/mol. The molecule has 42 heavy (non-hydrogen) atoms. The molecule has 3 aromatic carbocycles. The molecule has 0 amide bonds. The second-order valence-electron chi connectivity index (χ2n) is 12.3. The summed E-state index contributed by atoms with van der Waals surface area (Å²) in [5, 5.41) is 13.9. The van der Waals surface area contributed by atoms with Crippen molar-refractivity contribution in [3.05, 3.63) is 89.8 Å². The minimum absolute atomic E-state index is 0. The first kappa shape index (κ1) is 33.2. The van der Waals surface area contributed by atoms with Crippen LogP contribution >= 0.6 is 0 Å². The largest absolute Gasteiger partial charge is 0.512 e. The Morgan fingerprint density at radius 2 is 1.62 bits per heavy atom. The van der Waals surface area contributed by atoms with Crippen molar-refractivity contribution in [1.29, 1.82) is 0 Å². The van der Waals surface area contributed by atoms with E-state index in [0.29, 0.717) is 30.6 Å². The number of carbonyl (C=O) groups excluding carboxylic acids is 1. The normalized spacial score (nSPS) is 11.8. The molecule has 2 aromatic heterocycles. The van der Waals surface area contributed by atoms with Crippen LogP contribution in [0.2, 0.25) is 0 Å². The van der Waals surface area contributed by atoms with Gasteiger partial charge in [-0.15, -0.1) is 17.7 Å². The number of rotatable bonds is 8. The van der Waals surface area contributed by atoms with Gasteiger partial charge in [0.1, 0.15) is 5.58 Å². The molecule has 5 rings (SSSR count). The SMILES string of the molecule is CC(C)CC(=O)/C=C(\O)CC(C)C.Cc1[c-]c(-c2nccc3cc(CC(C)C)ccc23)c2oc3ccccc3c2c1.[Ir]. The van der Waals surface area contributed by atoms with Gasteiger partial charge in [-0.05, 0) is 58.3 Å². The van der Waals surface area contributed by atoms with Crippen LogP contribution in [0.25, 0.3) is 44.0 Å². The number of furan rings is 1. The second kappa shape index (κ2) is 14.8. The average Bonchev–Trinajstić information content (AvgIpc) is 3.25. The maximum Gasteiger partial charge on any atom is 0.159 e. The fraction of sp³-hybridized carbons (Fsp3) is 0.351. The molecule has 5 aromatic rings. The molecule has 4 nitrogen and oxygen atoms in total. The minimum atomic E-state index is 0. The Kier molecular flexibility index (Phi) is 11.7. The van der Waals surface area contributed by atoms with Gasteiger partial charge < -0.3 is 14.5 Å². The van der Waals surface area contributed by atoms with Gasteiger partial charge in [-0.3, -0.25) is 4.79 Å². The van der Waals surface area contributed by atoms with Gasteiger partial charge in [-0.2, -0.15) is 0 Å². The topological polar surface area (TPSA) is 63.3 Å². The summed E-state index contributed by atoms with van der Waals surface area (Å²) in [5.41, 5.74) is 6.08. The molecule has 0 saturated heterocycles. The smallest absolute Gasteiger partial charge is 0.159 e. The van der Waals surface area contributed by atoms with Crippen LogP contribution in [0.5, 0.6) is 0 Å². The van der Waals surface area contributed by atoms with Gasteiger partial charge in [0.15, 0.2) is 5.78 Å². The molecule has 1 N–H and O–H groups in total. The quantitative estimate of drug-likeness (QED) is 0.0978. The molecule has 0 aliphatic heterocycles. The van der Waals surface area contributed by atoms with Crippen molar-refractivity contribution in [3.8, 4) is 11.3 Å². The van der Waals surface area contributed by atoms with Crippen LogP contribution in [0.4, 0.5) is 0 Å². The van der Waals surface area contributed by atoms with Crippen molar-refractivity contribution in [2.75, 3.05) is 0 Å². The van der Waals surface area contributed by atoms with Crippen LogP contribution in [0.15, 0.2) is 77.0 Å². The summed E-state index contributed by atoms with van der Waals surface area (Å²) in [4.78, 5) is 15.9. The summed E-state index contributed by atoms with van der Waals surface area (Å²) in [6.07, 6.45) is 5.44. The fourth-order valence-electron chi connectivity index (χ4n) is 5.22. The van der Waals surface area contributed by atoms with Crippen molar-refractivity contribution < 1.29 is 34.4 Å². The number of hydrogen-bond acceptors (Lipinski definition) is 4. The zero-order valence-electron chi connectivity index (χ0n) is 25.7. The molecule has 0 aliphatic carbocycles. The van der Waals surface area contributed by atoms with Crippen molar-refractivity contribution >= 4 is 38.5 Å². The molecule has 0 aliphatic rings. The first-order chi connectivity index (χ1) is 19.5. The monoisotopic (exact) mass is 741 g/mol. The summed E-state index contributed by atoms with van der Waals surface area (Å²) in [6, 6.07) is 22.6. The van der Waals surface area contributed by atoms with E-state index in [1.807, 2.05) is 46.0 Å². The molecule has 5 heteroatoms. The number of allylic oxidation sites excluding steroid dienone is 2. The number of para-hydroxylation sites is 1. The van der Waals surface area contributed by atoms with E-state index in [1.165, 1.54) is 17.0 Å². The predicted molar refractivity (Wildman–Crippen MR) is 171 cm³/mol. The van der Waals surface area contributed by atoms with Crippen LogP contribution in [0, 0.1) is 30.7 Å². The number of nitrogens with zero attached hydrogens (tertiary/aromatic N) is 1. The number of benzene rings is 3. The van der Waals surface area contributed by atoms with E-state index in [4.69, 9.17) is 9.40 Å². The third-order valence-electron chi connectivity index (χ3n) is 6.81. The number of aliphatic hydroxyl groups is 1. The van der Waals surface area contributed by atoms with Gasteiger partial charge in [-0.1, -0.05) is 95.8 Å². The molecule has 1 radical (unpaired) electrons. The Balaban J connectivity index is 0.000000297. The van der Waals surface area contributed by atoms with Crippen LogP contribution in [-0.4, -0.2) is 15.9 Å². The number of ketones is 1. The fourth-order valence-corrected chi connectivity index (χ4v) is 5.22. The van der Waals surface area contributed by atoms with Crippen molar-refractivity contribution in [2.45, 2.75) is 67.7 Å². The Morgan fingerprint density at radius 1 is 0.905 bits per heavy atom. The van der Waals surface area contributed by atoms with Gasteiger partial charge in [-0.25, -0.2) is 0 Å². The van der Waals surface area contributed by atoms with Crippen molar-refractivity contribution in [1.82, 2.24) is 4.98 Å². The van der Waals surface area contributed by atoms with E-state index in [2.05, 4.69) is 69.3 Å². The van der Waals surface area contributed by atoms with E-state index < -0.39 is 0 Å². The molecular weight excluding hydrogens is 699 g/mol. The van der Waals surface area contributed by atoms with Gasteiger partial charge in [0.05, 0.1) is 11.3 Å². The molecule has 0 fully saturated rings. The first-order valence-electron chi connectivity index (χ1n) is 14.7. The molecule has 0 bridgehead atoms. The van der Waals surface area contributed by atoms with Crippen LogP contribution in [0.1, 0.15) is 65.5 Å². The molecule has 2 heterocycles. The van der Waals surface area contributed by atoms with Gasteiger partial charge in [0, 0.05) is 50.6 Å². The molecule has 0 saturated carbocycles. The minimum Gasteiger partial charge on any atom is -0.512 e. The third-order valence-corrected chi connectivity index (χ3v) is 6.81. The van der Waals surface area contributed by atoms with E-state index in [9.17, 15) is 9.90 Å². The number of hydrogen-bond donors (Lipinski definition) is 1. The van der Waals surface area contributed by atoms with Gasteiger partial charge in [0.2, 0.25) is 0 Å². The van der Waals surface area contributed by atoms with Gasteiger partial charge >= 0.3 is 0 Å². The zero-order chi connectivity index (χ0) is 29.7. The van der Waals surface area contributed by atoms with E-state index in [0.717, 1.165) is 50.6 Å². The Hall–Kier alpha value is -3.27. The van der Waals surface area contributed by atoms with Crippen LogP contribution in [-0.2, 0) is 31.3 Å². The number of aryl methyl sites for hydroxylation is 1. The molecule has 0 atom stereocenters. The van der Waals surface area contributed by atoms with Crippen LogP contribution in [0.3, 0.4) is 0 Å². The Morgan fingerprint density at radius 3 is 2.31 bits per heavy atom. The van der Waals surface area contributed by atoms with E-state index >= 15 is 0 Å². The number of aromatic nitrogens is 1. The van der Waals surface area contributed by atoms with Crippen LogP contribution < -0.4 is 0 Å². The van der Waals surface area contributed by atoms with Gasteiger partial charge in [0.25, 0.3) is 0 Å². The predicted octanol–water partition coefficient (Wildman–Crippen LogP) is 10.2. The first-order valence-corrected chi connectivity index (χ1v) is 14.7. The second-order valence-corrected chi connectivity index (χ2v) is 12.3. The standard InChI is InChI=1S/C26H22NO.C11H20O2.Ir/c1-16(2)12-18-8-9-20-19(15-18)10-11-27-25(20)23-14-17(3)13-22-21-6-4-5-7-24(21)28-26(22)23;1-8(2)5-10(12)7-11(13)6-9(3)4;/h4-11,13,15-16H,12H2,1-3H3;7-9,12H,5-6H2,1-4H3;/q-1;;/b;10-7-;. The molecule has 0 unspecified atom stereocenters. The number of aliphatic hydroxyl groups excluding tert-OH is 1. The van der Waals surface area contributed by atoms with E-state index in [1.54, 1.807) is 0 Å². The molecule has 0 spiro atoms. The number of pyridine rings is 1. The summed E-state index contributed by atoms with van der Waals surface area (Å²) in [5.74, 6) is 1.62. The maximum atomic E-state index is 11.2. The Labute approximate surface area is 263 Å². The Bertz CT molecular complexity index is 1690. The third kappa shape index (κ3) is 8.40. The molecular formula is C37H42IrNO3-. The molecule has 223 valence electrons. The number of carbonyl (C=O) groups is 1. The summed E-state index contributed by atoms with van der Waals surface area (Å²) in [7, 11) is 0. The van der Waals surface area contributed by atoms with E-state index in [-0.39, 0.29) is 31.6 Å². The summed E-state index contributed by atoms with van der Waals surface area (Å²) >= 11 is 0. The zero-order valence-corrected chi connectivity index (χ0v) is 28.1. The van der Waals surface area contributed by atoms with Crippen molar-refractivity contribution in [2.24, 2.45) is 17.8 Å². The summed E-state index contributed by atoms with van der Waals surface area (Å²) in [6.45, 7) is 14.6. The number of fused-ring (bicyclic) bond motifs is 4.